The minimum Gasteiger partial charge on any atom is -0.491 e. The number of nitrogen functional groups attached to an aromatic ring is 1. The summed E-state index contributed by atoms with van der Waals surface area (Å²) < 4.78 is 6.00. The van der Waals surface area contributed by atoms with E-state index >= 15 is 0 Å². The Morgan fingerprint density at radius 1 is 1.30 bits per heavy atom. The summed E-state index contributed by atoms with van der Waals surface area (Å²) in [5.74, 6) is 0.691. The first kappa shape index (κ1) is 19.0. The Bertz CT molecular complexity index is 790. The summed E-state index contributed by atoms with van der Waals surface area (Å²) in [7, 11) is 0. The van der Waals surface area contributed by atoms with E-state index in [0.29, 0.717) is 31.1 Å². The van der Waals surface area contributed by atoms with E-state index in [0.717, 1.165) is 36.8 Å². The Kier molecular flexibility index (Phi) is 5.84. The van der Waals surface area contributed by atoms with Crippen LogP contribution in [0.1, 0.15) is 32.6 Å². The number of nitrogens with zero attached hydrogens (tertiary/aromatic N) is 2. The van der Waals surface area contributed by atoms with Gasteiger partial charge in [0, 0.05) is 36.0 Å². The zero-order valence-electron chi connectivity index (χ0n) is 15.7. The molecule has 0 atom stereocenters. The van der Waals surface area contributed by atoms with E-state index in [9.17, 15) is 9.90 Å². The van der Waals surface area contributed by atoms with Gasteiger partial charge in [-0.1, -0.05) is 25.5 Å². The van der Waals surface area contributed by atoms with Gasteiger partial charge in [0.25, 0.3) is 0 Å². The molecule has 6 nitrogen and oxygen atoms in total. The quantitative estimate of drug-likeness (QED) is 0.644. The van der Waals surface area contributed by atoms with E-state index in [1.807, 2.05) is 30.3 Å². The van der Waals surface area contributed by atoms with E-state index in [2.05, 4.69) is 11.9 Å². The van der Waals surface area contributed by atoms with Crippen molar-refractivity contribution in [1.29, 1.82) is 0 Å². The third-order valence-electron chi connectivity index (χ3n) is 5.01. The average Bonchev–Trinajstić information content (AvgIpc) is 3.43. The van der Waals surface area contributed by atoms with Gasteiger partial charge in [0.05, 0.1) is 12.8 Å². The molecule has 0 unspecified atom stereocenters. The maximum absolute atomic E-state index is 11.5. The summed E-state index contributed by atoms with van der Waals surface area (Å²) in [5, 5.41) is 9.43. The van der Waals surface area contributed by atoms with Gasteiger partial charge < -0.3 is 20.5 Å². The lowest BCUT2D eigenvalue weighted by molar-refractivity contribution is 0.120. The van der Waals surface area contributed by atoms with Crippen molar-refractivity contribution >= 4 is 11.8 Å². The highest BCUT2D eigenvalue weighted by atomic mass is 16.5. The maximum Gasteiger partial charge on any atom is 0.407 e. The molecule has 1 aromatic heterocycles. The fraction of sp³-hybridized carbons (Fsp3) is 0.429. The predicted octanol–water partition coefficient (Wildman–Crippen LogP) is 4.27. The van der Waals surface area contributed by atoms with Gasteiger partial charge >= 0.3 is 6.09 Å². The molecule has 6 heteroatoms. The molecule has 1 aliphatic rings. The zero-order chi connectivity index (χ0) is 19.3. The Morgan fingerprint density at radius 3 is 2.78 bits per heavy atom. The number of carbonyl (C=O) groups is 1. The molecule has 1 heterocycles. The van der Waals surface area contributed by atoms with Gasteiger partial charge in [0.15, 0.2) is 0 Å². The van der Waals surface area contributed by atoms with Gasteiger partial charge in [0.1, 0.15) is 5.75 Å². The number of aromatic nitrogens is 1. The van der Waals surface area contributed by atoms with Crippen molar-refractivity contribution in [3.8, 4) is 16.9 Å². The molecular weight excluding hydrogens is 342 g/mol. The number of nitrogens with two attached hydrogens (primary N) is 1. The van der Waals surface area contributed by atoms with Crippen LogP contribution in [0.4, 0.5) is 10.5 Å². The highest BCUT2D eigenvalue weighted by molar-refractivity contribution is 5.67. The fourth-order valence-corrected chi connectivity index (χ4v) is 3.13. The van der Waals surface area contributed by atoms with Crippen LogP contribution in [-0.4, -0.2) is 40.8 Å². The molecule has 2 aromatic rings. The van der Waals surface area contributed by atoms with E-state index in [4.69, 9.17) is 10.5 Å². The molecule has 3 rings (SSSR count). The molecule has 0 saturated heterocycles. The lowest BCUT2D eigenvalue weighted by atomic mass is 10.1. The van der Waals surface area contributed by atoms with Gasteiger partial charge in [-0.2, -0.15) is 0 Å². The molecule has 0 spiro atoms. The number of hydrogen-bond donors (Lipinski definition) is 2. The second-order valence-electron chi connectivity index (χ2n) is 7.38. The Balaban J connectivity index is 1.63. The first-order valence-electron chi connectivity index (χ1n) is 9.43. The van der Waals surface area contributed by atoms with Gasteiger partial charge in [0.2, 0.25) is 0 Å². The van der Waals surface area contributed by atoms with Crippen molar-refractivity contribution in [2.24, 2.45) is 5.41 Å². The van der Waals surface area contributed by atoms with E-state index in [1.54, 1.807) is 12.4 Å². The Hall–Kier alpha value is -2.76. The summed E-state index contributed by atoms with van der Waals surface area (Å²) in [6.07, 6.45) is 6.48. The number of carboxylic acid groups (broad SMARTS) is 1. The second-order valence-corrected chi connectivity index (χ2v) is 7.38. The summed E-state index contributed by atoms with van der Waals surface area (Å²) in [5.41, 5.74) is 8.43. The van der Waals surface area contributed by atoms with Crippen LogP contribution in [0.15, 0.2) is 42.7 Å². The molecular formula is C21H27N3O3. The number of anilines is 1. The van der Waals surface area contributed by atoms with Crippen molar-refractivity contribution in [1.82, 2.24) is 9.88 Å². The van der Waals surface area contributed by atoms with Crippen molar-refractivity contribution in [3.05, 3.63) is 42.7 Å². The number of amides is 1. The lowest BCUT2D eigenvalue weighted by Crippen LogP contribution is -2.37. The van der Waals surface area contributed by atoms with Crippen LogP contribution in [0, 0.1) is 5.41 Å². The van der Waals surface area contributed by atoms with Crippen LogP contribution >= 0.6 is 0 Å². The smallest absolute Gasteiger partial charge is 0.407 e. The van der Waals surface area contributed by atoms with Gasteiger partial charge in [-0.15, -0.1) is 0 Å². The molecule has 1 aromatic carbocycles. The molecule has 1 fully saturated rings. The van der Waals surface area contributed by atoms with E-state index < -0.39 is 6.09 Å². The normalized spacial score (nSPS) is 14.6. The Morgan fingerprint density at radius 2 is 2.11 bits per heavy atom. The molecule has 1 amide bonds. The number of pyridine rings is 1. The van der Waals surface area contributed by atoms with Gasteiger partial charge in [-0.3, -0.25) is 4.98 Å². The van der Waals surface area contributed by atoms with Crippen LogP contribution in [0.25, 0.3) is 11.1 Å². The van der Waals surface area contributed by atoms with Crippen LogP contribution < -0.4 is 10.5 Å². The highest BCUT2D eigenvalue weighted by Gasteiger charge is 2.45. The average molecular weight is 369 g/mol. The first-order chi connectivity index (χ1) is 13.0. The lowest BCUT2D eigenvalue weighted by Gasteiger charge is -2.25. The van der Waals surface area contributed by atoms with Crippen molar-refractivity contribution in [2.45, 2.75) is 32.6 Å². The molecule has 27 heavy (non-hydrogen) atoms. The molecule has 0 bridgehead atoms. The zero-order valence-corrected chi connectivity index (χ0v) is 15.7. The molecule has 144 valence electrons. The molecule has 1 aliphatic carbocycles. The van der Waals surface area contributed by atoms with Gasteiger partial charge in [-0.25, -0.2) is 4.79 Å². The summed E-state index contributed by atoms with van der Waals surface area (Å²) in [4.78, 5) is 17.3. The van der Waals surface area contributed by atoms with E-state index in [1.165, 1.54) is 4.90 Å². The summed E-state index contributed by atoms with van der Waals surface area (Å²) in [6, 6.07) is 9.60. The monoisotopic (exact) mass is 369 g/mol. The predicted molar refractivity (Wildman–Crippen MR) is 106 cm³/mol. The largest absolute Gasteiger partial charge is 0.491 e. The van der Waals surface area contributed by atoms with E-state index in [-0.39, 0.29) is 5.41 Å². The number of unbranched alkanes of at least 4 members (excludes halogenated alkanes) is 1. The molecule has 3 N–H and O–H groups in total. The third-order valence-corrected chi connectivity index (χ3v) is 5.01. The highest BCUT2D eigenvalue weighted by Crippen LogP contribution is 2.46. The first-order valence-corrected chi connectivity index (χ1v) is 9.43. The molecule has 0 radical (unpaired) electrons. The minimum atomic E-state index is -0.847. The third kappa shape index (κ3) is 5.12. The van der Waals surface area contributed by atoms with Crippen molar-refractivity contribution < 1.29 is 14.6 Å². The standard InChI is InChI=1S/C21H27N3O3/c1-2-3-9-24(20(25)26)14-21(7-8-21)15-27-19-11-17(12-23-13-19)16-5-4-6-18(22)10-16/h4-6,10-13H,2-3,7-9,14-15,22H2,1H3,(H,25,26). The van der Waals surface area contributed by atoms with Gasteiger partial charge in [-0.05, 0) is 43.0 Å². The topological polar surface area (TPSA) is 88.7 Å². The van der Waals surface area contributed by atoms with Crippen LogP contribution in [0.2, 0.25) is 0 Å². The summed E-state index contributed by atoms with van der Waals surface area (Å²) in [6.45, 7) is 3.69. The SMILES string of the molecule is CCCCN(CC1(COc2cncc(-c3cccc(N)c3)c2)CC1)C(=O)O. The van der Waals surface area contributed by atoms with Crippen molar-refractivity contribution in [2.75, 3.05) is 25.4 Å². The number of ether oxygens (including phenoxy) is 1. The number of hydrogen-bond acceptors (Lipinski definition) is 4. The number of benzene rings is 1. The van der Waals surface area contributed by atoms with Crippen molar-refractivity contribution in [3.63, 3.8) is 0 Å². The Labute approximate surface area is 160 Å². The molecule has 0 aliphatic heterocycles. The van der Waals surface area contributed by atoms with Crippen LogP contribution in [0.3, 0.4) is 0 Å². The number of rotatable bonds is 9. The second kappa shape index (κ2) is 8.29. The fourth-order valence-electron chi connectivity index (χ4n) is 3.13. The minimum absolute atomic E-state index is 0.0701. The molecule has 1 saturated carbocycles. The van der Waals surface area contributed by atoms with Crippen LogP contribution in [0.5, 0.6) is 5.75 Å². The van der Waals surface area contributed by atoms with Crippen LogP contribution in [-0.2, 0) is 0 Å². The maximum atomic E-state index is 11.5. The summed E-state index contributed by atoms with van der Waals surface area (Å²) >= 11 is 0.